The second-order valence-corrected chi connectivity index (χ2v) is 7.57. The molecule has 1 atom stereocenters. The van der Waals surface area contributed by atoms with Crippen molar-refractivity contribution >= 4 is 5.97 Å². The second-order valence-electron chi connectivity index (χ2n) is 7.57. The molecule has 162 valence electrons. The zero-order valence-corrected chi connectivity index (χ0v) is 17.7. The lowest BCUT2D eigenvalue weighted by molar-refractivity contribution is -0.139. The summed E-state index contributed by atoms with van der Waals surface area (Å²) in [6.07, 6.45) is 0. The van der Waals surface area contributed by atoms with Gasteiger partial charge >= 0.3 is 5.97 Å². The van der Waals surface area contributed by atoms with Gasteiger partial charge in [-0.15, -0.1) is 0 Å². The third-order valence-corrected chi connectivity index (χ3v) is 5.27. The number of carbonyl (C=O) groups is 1. The average Bonchev–Trinajstić information content (AvgIpc) is 3.28. The monoisotopic (exact) mass is 431 g/mol. The summed E-state index contributed by atoms with van der Waals surface area (Å²) in [5.74, 6) is -0.633. The van der Waals surface area contributed by atoms with Gasteiger partial charge in [0.15, 0.2) is 0 Å². The Hall–Kier alpha value is -3.84. The van der Waals surface area contributed by atoms with E-state index in [-0.39, 0.29) is 11.7 Å². The molecule has 0 aliphatic heterocycles. The van der Waals surface area contributed by atoms with Gasteiger partial charge in [-0.05, 0) is 42.7 Å². The molecule has 0 amide bonds. The van der Waals surface area contributed by atoms with Crippen molar-refractivity contribution in [3.63, 3.8) is 0 Å². The second kappa shape index (κ2) is 9.11. The van der Waals surface area contributed by atoms with Gasteiger partial charge in [0.25, 0.3) is 5.89 Å². The van der Waals surface area contributed by atoms with Crippen LogP contribution in [0.25, 0.3) is 34.0 Å². The van der Waals surface area contributed by atoms with Gasteiger partial charge in [-0.25, -0.2) is 4.39 Å². The van der Waals surface area contributed by atoms with Gasteiger partial charge in [0.05, 0.1) is 0 Å². The number of carboxylic acid groups (broad SMARTS) is 1. The molecule has 0 saturated carbocycles. The summed E-state index contributed by atoms with van der Waals surface area (Å²) in [6.45, 7) is 3.97. The fourth-order valence-corrected chi connectivity index (χ4v) is 3.33. The van der Waals surface area contributed by atoms with Gasteiger partial charge in [-0.2, -0.15) is 4.98 Å². The SMILES string of the molecule is Cc1ccccc1-c1ccc(-c2nc(-c3ccc(CNC(C)C(=O)O)cc3)no2)cc1F. The summed E-state index contributed by atoms with van der Waals surface area (Å²) in [6, 6.07) is 19.3. The number of hydrogen-bond acceptors (Lipinski definition) is 5. The molecule has 32 heavy (non-hydrogen) atoms. The fourth-order valence-electron chi connectivity index (χ4n) is 3.33. The molecule has 1 heterocycles. The van der Waals surface area contributed by atoms with Crippen molar-refractivity contribution in [2.45, 2.75) is 26.4 Å². The number of rotatable bonds is 7. The lowest BCUT2D eigenvalue weighted by Crippen LogP contribution is -2.33. The van der Waals surface area contributed by atoms with Crippen LogP contribution in [0.3, 0.4) is 0 Å². The topological polar surface area (TPSA) is 88.2 Å². The molecule has 4 rings (SSSR count). The molecule has 0 radical (unpaired) electrons. The van der Waals surface area contributed by atoms with Crippen molar-refractivity contribution < 1.29 is 18.8 Å². The first-order valence-corrected chi connectivity index (χ1v) is 10.2. The average molecular weight is 431 g/mol. The predicted octanol–water partition coefficient (Wildman–Crippen LogP) is 5.08. The van der Waals surface area contributed by atoms with Crippen LogP contribution in [0.15, 0.2) is 71.3 Å². The van der Waals surface area contributed by atoms with Crippen molar-refractivity contribution in [2.75, 3.05) is 0 Å². The van der Waals surface area contributed by atoms with Crippen molar-refractivity contribution in [3.05, 3.63) is 83.7 Å². The molecule has 0 saturated heterocycles. The Balaban J connectivity index is 1.51. The molecular weight excluding hydrogens is 409 g/mol. The maximum absolute atomic E-state index is 14.8. The molecule has 1 unspecified atom stereocenters. The molecule has 0 fully saturated rings. The molecular formula is C25H22FN3O3. The highest BCUT2D eigenvalue weighted by molar-refractivity contribution is 5.73. The van der Waals surface area contributed by atoms with Gasteiger partial charge in [0.1, 0.15) is 11.9 Å². The third kappa shape index (κ3) is 4.58. The Morgan fingerprint density at radius 2 is 1.78 bits per heavy atom. The van der Waals surface area contributed by atoms with E-state index in [1.54, 1.807) is 19.1 Å². The highest BCUT2D eigenvalue weighted by Crippen LogP contribution is 2.30. The molecule has 2 N–H and O–H groups in total. The molecule has 7 heteroatoms. The number of aryl methyl sites for hydroxylation is 1. The summed E-state index contributed by atoms with van der Waals surface area (Å²) in [7, 11) is 0. The first-order chi connectivity index (χ1) is 15.4. The van der Waals surface area contributed by atoms with E-state index in [1.165, 1.54) is 6.07 Å². The van der Waals surface area contributed by atoms with Crippen LogP contribution in [0.1, 0.15) is 18.1 Å². The van der Waals surface area contributed by atoms with E-state index in [9.17, 15) is 9.18 Å². The Kier molecular flexibility index (Phi) is 6.09. The van der Waals surface area contributed by atoms with Gasteiger partial charge in [-0.3, -0.25) is 4.79 Å². The molecule has 0 aliphatic carbocycles. The Morgan fingerprint density at radius 1 is 1.06 bits per heavy atom. The Bertz CT molecular complexity index is 1250. The van der Waals surface area contributed by atoms with E-state index in [0.717, 1.165) is 22.3 Å². The third-order valence-electron chi connectivity index (χ3n) is 5.27. The zero-order chi connectivity index (χ0) is 22.7. The van der Waals surface area contributed by atoms with E-state index in [4.69, 9.17) is 9.63 Å². The largest absolute Gasteiger partial charge is 0.480 e. The molecule has 1 aromatic heterocycles. The number of aliphatic carboxylic acids is 1. The number of aromatic nitrogens is 2. The van der Waals surface area contributed by atoms with Crippen molar-refractivity contribution in [3.8, 4) is 34.0 Å². The maximum Gasteiger partial charge on any atom is 0.320 e. The van der Waals surface area contributed by atoms with E-state index >= 15 is 0 Å². The van der Waals surface area contributed by atoms with Crippen LogP contribution >= 0.6 is 0 Å². The van der Waals surface area contributed by atoms with Gasteiger partial charge in [0.2, 0.25) is 5.82 Å². The predicted molar refractivity (Wildman–Crippen MR) is 119 cm³/mol. The molecule has 6 nitrogen and oxygen atoms in total. The number of halogens is 1. The minimum absolute atomic E-state index is 0.233. The molecule has 0 aliphatic rings. The summed E-state index contributed by atoms with van der Waals surface area (Å²) in [5, 5.41) is 15.9. The van der Waals surface area contributed by atoms with E-state index in [0.29, 0.717) is 23.5 Å². The van der Waals surface area contributed by atoms with Crippen LogP contribution in [0.5, 0.6) is 0 Å². The summed E-state index contributed by atoms with van der Waals surface area (Å²) in [5.41, 5.74) is 4.53. The smallest absolute Gasteiger partial charge is 0.320 e. The van der Waals surface area contributed by atoms with Crippen molar-refractivity contribution in [1.82, 2.24) is 15.5 Å². The first-order valence-electron chi connectivity index (χ1n) is 10.2. The lowest BCUT2D eigenvalue weighted by Gasteiger charge is -2.09. The zero-order valence-electron chi connectivity index (χ0n) is 17.7. The highest BCUT2D eigenvalue weighted by Gasteiger charge is 2.15. The first kappa shape index (κ1) is 21.4. The number of benzene rings is 3. The molecule has 4 aromatic rings. The quantitative estimate of drug-likeness (QED) is 0.424. The summed E-state index contributed by atoms with van der Waals surface area (Å²) in [4.78, 5) is 15.3. The number of carboxylic acids is 1. The van der Waals surface area contributed by atoms with E-state index in [1.807, 2.05) is 55.5 Å². The van der Waals surface area contributed by atoms with E-state index in [2.05, 4.69) is 15.5 Å². The number of nitrogens with one attached hydrogen (secondary N) is 1. The van der Waals surface area contributed by atoms with Crippen molar-refractivity contribution in [1.29, 1.82) is 0 Å². The maximum atomic E-state index is 14.8. The van der Waals surface area contributed by atoms with Crippen molar-refractivity contribution in [2.24, 2.45) is 0 Å². The summed E-state index contributed by atoms with van der Waals surface area (Å²) >= 11 is 0. The molecule has 3 aromatic carbocycles. The lowest BCUT2D eigenvalue weighted by atomic mass is 9.99. The number of nitrogens with zero attached hydrogens (tertiary/aromatic N) is 2. The normalized spacial score (nSPS) is 12.0. The van der Waals surface area contributed by atoms with Gasteiger partial charge < -0.3 is 14.9 Å². The van der Waals surface area contributed by atoms with Crippen LogP contribution in [-0.2, 0) is 11.3 Å². The van der Waals surface area contributed by atoms with Crippen LogP contribution < -0.4 is 5.32 Å². The van der Waals surface area contributed by atoms with Crippen LogP contribution in [0.4, 0.5) is 4.39 Å². The fraction of sp³-hybridized carbons (Fsp3) is 0.160. The standard InChI is InChI=1S/C25H22FN3O3/c1-15-5-3-4-6-20(15)21-12-11-19(13-22(21)26)24-28-23(29-32-24)18-9-7-17(8-10-18)14-27-16(2)25(30)31/h3-13,16,27H,14H2,1-2H3,(H,30,31). The Labute approximate surface area is 184 Å². The van der Waals surface area contributed by atoms with Crippen LogP contribution in [0.2, 0.25) is 0 Å². The minimum atomic E-state index is -0.899. The molecule has 0 bridgehead atoms. The van der Waals surface area contributed by atoms with Gasteiger partial charge in [-0.1, -0.05) is 59.8 Å². The van der Waals surface area contributed by atoms with Crippen LogP contribution in [0, 0.1) is 12.7 Å². The molecule has 0 spiro atoms. The highest BCUT2D eigenvalue weighted by atomic mass is 19.1. The summed E-state index contributed by atoms with van der Waals surface area (Å²) < 4.78 is 20.2. The minimum Gasteiger partial charge on any atom is -0.480 e. The Morgan fingerprint density at radius 3 is 2.47 bits per heavy atom. The number of hydrogen-bond donors (Lipinski definition) is 2. The van der Waals surface area contributed by atoms with Gasteiger partial charge in [0, 0.05) is 23.2 Å². The van der Waals surface area contributed by atoms with Crippen LogP contribution in [-0.4, -0.2) is 27.3 Å². The van der Waals surface area contributed by atoms with E-state index < -0.39 is 12.0 Å².